The Bertz CT molecular complexity index is 1300. The largest absolute Gasteiger partial charge is 0.493 e. The molecule has 5 nitrogen and oxygen atoms in total. The summed E-state index contributed by atoms with van der Waals surface area (Å²) in [4.78, 5) is 38.3. The number of carbonyl (C=O) groups excluding carboxylic acids is 3. The zero-order valence-corrected chi connectivity index (χ0v) is 22.3. The molecule has 0 saturated heterocycles. The lowest BCUT2D eigenvalue weighted by Crippen LogP contribution is -2.37. The number of allylic oxidation sites excluding steroid dienone is 1. The molecule has 3 rings (SSSR count). The van der Waals surface area contributed by atoms with Gasteiger partial charge in [0.25, 0.3) is 0 Å². The molecule has 0 spiro atoms. The number of rotatable bonds is 9. The normalized spacial score (nSPS) is 12.7. The minimum absolute atomic E-state index is 0.137. The van der Waals surface area contributed by atoms with Crippen LogP contribution >= 0.6 is 6.89 Å². The Morgan fingerprint density at radius 1 is 0.769 bits per heavy atom. The van der Waals surface area contributed by atoms with Crippen molar-refractivity contribution in [2.24, 2.45) is 5.92 Å². The van der Waals surface area contributed by atoms with E-state index in [4.69, 9.17) is 4.74 Å². The predicted octanol–water partition coefficient (Wildman–Crippen LogP) is 4.20. The van der Waals surface area contributed by atoms with Crippen LogP contribution in [0.5, 0.6) is 0 Å². The van der Waals surface area contributed by atoms with Crippen LogP contribution in [0.25, 0.3) is 0 Å². The molecule has 0 radical (unpaired) electrons. The first-order chi connectivity index (χ1) is 18.6. The summed E-state index contributed by atoms with van der Waals surface area (Å²) >= 11 is 0. The van der Waals surface area contributed by atoms with Crippen molar-refractivity contribution < 1.29 is 37.0 Å². The Kier molecular flexibility index (Phi) is 9.60. The lowest BCUT2D eigenvalue weighted by atomic mass is 9.89. The highest BCUT2D eigenvalue weighted by atomic mass is 31.2. The molecule has 0 heterocycles. The molecule has 0 fully saturated rings. The summed E-state index contributed by atoms with van der Waals surface area (Å²) in [6, 6.07) is 26.6. The number of halogens is 3. The van der Waals surface area contributed by atoms with Crippen LogP contribution in [0.1, 0.15) is 6.92 Å². The van der Waals surface area contributed by atoms with E-state index in [0.717, 1.165) is 27.6 Å². The number of esters is 2. The molecule has 0 amide bonds. The van der Waals surface area contributed by atoms with E-state index in [0.29, 0.717) is 15.9 Å². The first kappa shape index (κ1) is 29.5. The van der Waals surface area contributed by atoms with Gasteiger partial charge in [0.2, 0.25) is 5.29 Å². The quantitative estimate of drug-likeness (QED) is 0.172. The summed E-state index contributed by atoms with van der Waals surface area (Å²) < 4.78 is 52.2. The third-order valence-electron chi connectivity index (χ3n) is 5.99. The number of hydrogen-bond donors (Lipinski definition) is 0. The van der Waals surface area contributed by atoms with E-state index in [1.165, 1.54) is 0 Å². The molecule has 1 atom stereocenters. The van der Waals surface area contributed by atoms with Gasteiger partial charge in [-0.05, 0) is 22.8 Å². The van der Waals surface area contributed by atoms with Gasteiger partial charge < -0.3 is 15.5 Å². The van der Waals surface area contributed by atoms with Gasteiger partial charge in [0.15, 0.2) is 11.7 Å². The molecule has 1 unspecified atom stereocenters. The maximum Gasteiger partial charge on any atom is 0.386 e. The number of benzene rings is 3. The molecule has 0 aliphatic heterocycles. The van der Waals surface area contributed by atoms with Crippen LogP contribution in [-0.4, -0.2) is 43.4 Å². The van der Waals surface area contributed by atoms with Gasteiger partial charge in [-0.15, -0.1) is 0 Å². The van der Waals surface area contributed by atoms with Crippen molar-refractivity contribution in [2.75, 3.05) is 14.2 Å². The van der Waals surface area contributed by atoms with Crippen molar-refractivity contribution in [3.63, 3.8) is 0 Å². The second kappa shape index (κ2) is 12.7. The van der Waals surface area contributed by atoms with Gasteiger partial charge in [0.1, 0.15) is 12.4 Å². The van der Waals surface area contributed by atoms with E-state index in [1.54, 1.807) is 97.1 Å². The van der Waals surface area contributed by atoms with E-state index in [-0.39, 0.29) is 5.29 Å². The number of alkyl halides is 3. The van der Waals surface area contributed by atoms with Gasteiger partial charge >= 0.3 is 12.1 Å². The van der Waals surface area contributed by atoms with E-state index in [9.17, 15) is 27.6 Å². The minimum atomic E-state index is -5.13. The fourth-order valence-corrected chi connectivity index (χ4v) is 8.61. The Labute approximate surface area is 225 Å². The Morgan fingerprint density at radius 2 is 1.18 bits per heavy atom. The third-order valence-corrected chi connectivity index (χ3v) is 10.3. The highest BCUT2D eigenvalue weighted by Crippen LogP contribution is 2.48. The van der Waals surface area contributed by atoms with Crippen molar-refractivity contribution in [2.45, 2.75) is 13.1 Å². The van der Waals surface area contributed by atoms with Crippen LogP contribution in [-0.2, 0) is 23.9 Å². The fraction of sp³-hybridized carbons (Fsp3) is 0.167. The maximum atomic E-state index is 14.2. The smallest absolute Gasteiger partial charge is 0.386 e. The Balaban J connectivity index is 2.56. The lowest BCUT2D eigenvalue weighted by Gasteiger charge is -2.30. The second-order valence-electron chi connectivity index (χ2n) is 8.34. The van der Waals surface area contributed by atoms with Crippen LogP contribution in [0.15, 0.2) is 96.6 Å². The van der Waals surface area contributed by atoms with Crippen LogP contribution in [0, 0.1) is 18.4 Å². The number of carbonyl (C=O) groups is 3. The van der Waals surface area contributed by atoms with Crippen molar-refractivity contribution in [3.05, 3.63) is 109 Å². The lowest BCUT2D eigenvalue weighted by molar-refractivity contribution is -0.137. The number of hydrogen-bond acceptors (Lipinski definition) is 5. The van der Waals surface area contributed by atoms with Crippen molar-refractivity contribution in [1.29, 1.82) is 0 Å². The summed E-state index contributed by atoms with van der Waals surface area (Å²) in [6.07, 6.45) is -2.52. The molecule has 0 aromatic heterocycles. The average Bonchev–Trinajstić information content (AvgIpc) is 2.94. The number of methoxy groups -OCH3 is 2. The highest BCUT2D eigenvalue weighted by molar-refractivity contribution is 7.96. The monoisotopic (exact) mass is 554 g/mol. The summed E-state index contributed by atoms with van der Waals surface area (Å²) in [5.74, 6) is -5.32. The molecule has 202 valence electrons. The molecule has 0 bridgehead atoms. The summed E-state index contributed by atoms with van der Waals surface area (Å²) in [5.41, 5.74) is -1.57. The van der Waals surface area contributed by atoms with Gasteiger partial charge in [-0.25, -0.2) is 4.79 Å². The third kappa shape index (κ3) is 6.35. The summed E-state index contributed by atoms with van der Waals surface area (Å²) in [6.45, 7) is -2.30. The SMILES string of the molecule is COC(=O)[C-]=C(C([CH+]C(C(=O)OC)=P(c1ccccc1)(c1ccccc1)c1ccccc1)C(C)=O)C(F)(F)F. The van der Waals surface area contributed by atoms with E-state index < -0.39 is 42.3 Å². The van der Waals surface area contributed by atoms with Crippen LogP contribution in [0.4, 0.5) is 13.2 Å². The molecular formula is C30H26F3O5P. The van der Waals surface area contributed by atoms with Gasteiger partial charge in [0, 0.05) is 6.89 Å². The molecule has 39 heavy (non-hydrogen) atoms. The zero-order chi connectivity index (χ0) is 28.6. The average molecular weight is 555 g/mol. The Hall–Kier alpha value is -4.03. The van der Waals surface area contributed by atoms with Crippen LogP contribution in [0.3, 0.4) is 0 Å². The molecule has 9 heteroatoms. The van der Waals surface area contributed by atoms with Crippen LogP contribution < -0.4 is 15.9 Å². The first-order valence-electron chi connectivity index (χ1n) is 11.7. The van der Waals surface area contributed by atoms with E-state index in [2.05, 4.69) is 4.74 Å². The van der Waals surface area contributed by atoms with Gasteiger partial charge in [-0.2, -0.15) is 13.2 Å². The van der Waals surface area contributed by atoms with Crippen LogP contribution in [0.2, 0.25) is 0 Å². The molecule has 0 N–H and O–H groups in total. The van der Waals surface area contributed by atoms with E-state index >= 15 is 0 Å². The summed E-state index contributed by atoms with van der Waals surface area (Å²) in [5, 5.41) is 1.81. The molecule has 3 aromatic carbocycles. The van der Waals surface area contributed by atoms with Gasteiger partial charge in [0.05, 0.1) is 14.2 Å². The second-order valence-corrected chi connectivity index (χ2v) is 11.7. The van der Waals surface area contributed by atoms with E-state index in [1.807, 2.05) is 0 Å². The molecule has 0 aliphatic carbocycles. The fourth-order valence-electron chi connectivity index (χ4n) is 4.29. The van der Waals surface area contributed by atoms with Gasteiger partial charge in [-0.3, -0.25) is 9.59 Å². The van der Waals surface area contributed by atoms with Crippen molar-refractivity contribution >= 4 is 45.8 Å². The number of Topliss-reactive ketones (excluding diaryl/α,β-unsaturated/α-hetero) is 1. The molecule has 0 aliphatic rings. The molecular weight excluding hydrogens is 528 g/mol. The Morgan fingerprint density at radius 3 is 1.49 bits per heavy atom. The maximum absolute atomic E-state index is 14.2. The van der Waals surface area contributed by atoms with Crippen molar-refractivity contribution in [1.82, 2.24) is 0 Å². The topological polar surface area (TPSA) is 69.7 Å². The first-order valence-corrected chi connectivity index (χ1v) is 13.5. The zero-order valence-electron chi connectivity index (χ0n) is 21.4. The highest BCUT2D eigenvalue weighted by Gasteiger charge is 2.46. The number of ether oxygens (including phenoxy) is 2. The van der Waals surface area contributed by atoms with Crippen molar-refractivity contribution in [3.8, 4) is 0 Å². The minimum Gasteiger partial charge on any atom is -0.493 e. The molecule has 3 aromatic rings. The number of ketones is 1. The predicted molar refractivity (Wildman–Crippen MR) is 145 cm³/mol. The summed E-state index contributed by atoms with van der Waals surface area (Å²) in [7, 11) is 2.02. The van der Waals surface area contributed by atoms with Gasteiger partial charge in [-0.1, -0.05) is 96.6 Å². The molecule has 0 saturated carbocycles. The standard InChI is InChI=1S/C30H26F3O5P/c1-21(34)25(26(30(31,32)33)20-28(35)37-2)19-27(29(36)38-3)39(22-13-7-4-8-14-22,23-15-9-5-10-16-23)24-17-11-6-12-18-24/h4-19,25H,1-3H3.